The highest BCUT2D eigenvalue weighted by Gasteiger charge is 2.68. The van der Waals surface area contributed by atoms with Crippen molar-refractivity contribution in [3.05, 3.63) is 0 Å². The van der Waals surface area contributed by atoms with Gasteiger partial charge < -0.3 is 0 Å². The number of hydrogen-bond acceptors (Lipinski definition) is 3. The average Bonchev–Trinajstić information content (AvgIpc) is 2.55. The Morgan fingerprint density at radius 1 is 1.38 bits per heavy atom. The highest BCUT2D eigenvalue weighted by molar-refractivity contribution is 7.87. The van der Waals surface area contributed by atoms with Gasteiger partial charge in [0.15, 0.2) is 0 Å². The predicted octanol–water partition coefficient (Wildman–Crippen LogP) is 1.15. The summed E-state index contributed by atoms with van der Waals surface area (Å²) in [5.74, 6) is 1.26. The SMILES string of the molecule is CC1C2CC3C(C2)S(=O)(=O)O[C@]13C. The van der Waals surface area contributed by atoms with Crippen molar-refractivity contribution in [1.29, 1.82) is 0 Å². The van der Waals surface area contributed by atoms with Crippen molar-refractivity contribution in [2.75, 3.05) is 0 Å². The molecule has 0 aromatic rings. The molecule has 0 radical (unpaired) electrons. The van der Waals surface area contributed by atoms with Gasteiger partial charge in [-0.3, -0.25) is 4.18 Å². The van der Waals surface area contributed by atoms with Gasteiger partial charge in [-0.1, -0.05) is 6.92 Å². The molecule has 2 bridgehead atoms. The van der Waals surface area contributed by atoms with E-state index in [1.807, 2.05) is 6.92 Å². The zero-order chi connectivity index (χ0) is 9.43. The molecule has 3 rings (SSSR count). The third-order valence-electron chi connectivity index (χ3n) is 4.55. The molecule has 3 fully saturated rings. The van der Waals surface area contributed by atoms with Crippen molar-refractivity contribution in [2.45, 2.75) is 37.5 Å². The first-order valence-electron chi connectivity index (χ1n) is 4.89. The van der Waals surface area contributed by atoms with E-state index in [1.165, 1.54) is 0 Å². The third kappa shape index (κ3) is 0.734. The first-order chi connectivity index (χ1) is 5.95. The van der Waals surface area contributed by atoms with E-state index < -0.39 is 10.1 Å². The van der Waals surface area contributed by atoms with Crippen LogP contribution in [0.25, 0.3) is 0 Å². The van der Waals surface area contributed by atoms with E-state index in [4.69, 9.17) is 4.18 Å². The normalized spacial score (nSPS) is 61.7. The van der Waals surface area contributed by atoms with Gasteiger partial charge in [0, 0.05) is 5.92 Å². The third-order valence-corrected chi connectivity index (χ3v) is 6.41. The number of hydrogen-bond donors (Lipinski definition) is 0. The summed E-state index contributed by atoms with van der Waals surface area (Å²) in [7, 11) is -3.22. The first kappa shape index (κ1) is 8.24. The fourth-order valence-corrected chi connectivity index (χ4v) is 5.79. The molecule has 1 aliphatic heterocycles. The molecule has 74 valence electrons. The van der Waals surface area contributed by atoms with Crippen LogP contribution in [0.15, 0.2) is 0 Å². The first-order valence-corrected chi connectivity index (χ1v) is 6.37. The van der Waals surface area contributed by atoms with Gasteiger partial charge in [0.1, 0.15) is 0 Å². The van der Waals surface area contributed by atoms with Crippen LogP contribution < -0.4 is 0 Å². The van der Waals surface area contributed by atoms with Crippen LogP contribution in [0, 0.1) is 17.8 Å². The maximum atomic E-state index is 11.6. The summed E-state index contributed by atoms with van der Waals surface area (Å²) in [6, 6.07) is 0. The molecule has 0 aromatic heterocycles. The molecule has 4 unspecified atom stereocenters. The molecule has 1 saturated heterocycles. The maximum Gasteiger partial charge on any atom is 0.271 e. The second-order valence-corrected chi connectivity index (χ2v) is 6.68. The molecular formula is C9H14O3S. The Bertz CT molecular complexity index is 361. The summed E-state index contributed by atoms with van der Waals surface area (Å²) < 4.78 is 28.5. The second kappa shape index (κ2) is 1.96. The molecule has 2 aliphatic carbocycles. The van der Waals surface area contributed by atoms with Crippen LogP contribution in [0.3, 0.4) is 0 Å². The Hall–Kier alpha value is -0.0900. The minimum Gasteiger partial charge on any atom is -0.263 e. The van der Waals surface area contributed by atoms with Gasteiger partial charge in [-0.15, -0.1) is 0 Å². The van der Waals surface area contributed by atoms with Gasteiger partial charge >= 0.3 is 0 Å². The van der Waals surface area contributed by atoms with Crippen molar-refractivity contribution in [3.63, 3.8) is 0 Å². The van der Waals surface area contributed by atoms with Crippen LogP contribution in [0.1, 0.15) is 26.7 Å². The summed E-state index contributed by atoms with van der Waals surface area (Å²) in [5, 5.41) is -0.182. The minimum absolute atomic E-state index is 0.182. The molecule has 0 aromatic carbocycles. The predicted molar refractivity (Wildman–Crippen MR) is 47.6 cm³/mol. The smallest absolute Gasteiger partial charge is 0.263 e. The van der Waals surface area contributed by atoms with E-state index in [0.717, 1.165) is 12.8 Å². The van der Waals surface area contributed by atoms with Gasteiger partial charge in [-0.05, 0) is 31.6 Å². The lowest BCUT2D eigenvalue weighted by molar-refractivity contribution is 0.0295. The largest absolute Gasteiger partial charge is 0.271 e. The summed E-state index contributed by atoms with van der Waals surface area (Å²) in [6.45, 7) is 4.10. The maximum absolute atomic E-state index is 11.6. The van der Waals surface area contributed by atoms with Gasteiger partial charge in [0.05, 0.1) is 10.9 Å². The van der Waals surface area contributed by atoms with Crippen LogP contribution in [0.5, 0.6) is 0 Å². The standard InChI is InChI=1S/C9H14O3S/c1-5-6-3-7-8(4-6)13(10,11)12-9(5,7)2/h5-8H,3-4H2,1-2H3/t5?,6?,7?,8?,9-/m1/s1. The van der Waals surface area contributed by atoms with Gasteiger partial charge in [-0.25, -0.2) is 0 Å². The molecule has 4 heteroatoms. The van der Waals surface area contributed by atoms with Crippen molar-refractivity contribution in [1.82, 2.24) is 0 Å². The lowest BCUT2D eigenvalue weighted by Gasteiger charge is -2.31. The van der Waals surface area contributed by atoms with E-state index in [9.17, 15) is 8.42 Å². The molecule has 5 atom stereocenters. The number of fused-ring (bicyclic) bond motifs is 1. The molecule has 3 nitrogen and oxygen atoms in total. The van der Waals surface area contributed by atoms with Crippen LogP contribution in [-0.2, 0) is 14.3 Å². The summed E-state index contributed by atoms with van der Waals surface area (Å²) in [6.07, 6.45) is 1.89. The lowest BCUT2D eigenvalue weighted by Crippen LogP contribution is -2.38. The fourth-order valence-electron chi connectivity index (χ4n) is 3.62. The zero-order valence-corrected chi connectivity index (χ0v) is 8.67. The van der Waals surface area contributed by atoms with E-state index >= 15 is 0 Å². The van der Waals surface area contributed by atoms with Crippen molar-refractivity contribution < 1.29 is 12.6 Å². The van der Waals surface area contributed by atoms with Gasteiger partial charge in [-0.2, -0.15) is 8.42 Å². The molecule has 0 spiro atoms. The second-order valence-electron chi connectivity index (χ2n) is 4.93. The van der Waals surface area contributed by atoms with Crippen molar-refractivity contribution >= 4 is 10.1 Å². The number of rotatable bonds is 0. The fraction of sp³-hybridized carbons (Fsp3) is 1.00. The lowest BCUT2D eigenvalue weighted by atomic mass is 9.78. The summed E-state index contributed by atoms with van der Waals surface area (Å²) in [5.41, 5.74) is -0.369. The Morgan fingerprint density at radius 2 is 2.08 bits per heavy atom. The van der Waals surface area contributed by atoms with Crippen molar-refractivity contribution in [2.24, 2.45) is 17.8 Å². The van der Waals surface area contributed by atoms with E-state index in [1.54, 1.807) is 0 Å². The Balaban J connectivity index is 2.18. The Morgan fingerprint density at radius 3 is 2.62 bits per heavy atom. The van der Waals surface area contributed by atoms with E-state index in [-0.39, 0.29) is 16.8 Å². The van der Waals surface area contributed by atoms with Crippen LogP contribution in [0.4, 0.5) is 0 Å². The topological polar surface area (TPSA) is 43.4 Å². The minimum atomic E-state index is -3.22. The summed E-state index contributed by atoms with van der Waals surface area (Å²) >= 11 is 0. The van der Waals surface area contributed by atoms with E-state index in [0.29, 0.717) is 11.8 Å². The van der Waals surface area contributed by atoms with Crippen molar-refractivity contribution in [3.8, 4) is 0 Å². The highest BCUT2D eigenvalue weighted by atomic mass is 32.2. The molecule has 0 amide bonds. The van der Waals surface area contributed by atoms with Gasteiger partial charge in [0.25, 0.3) is 10.1 Å². The summed E-state index contributed by atoms with van der Waals surface area (Å²) in [4.78, 5) is 0. The molecule has 1 heterocycles. The molecule has 13 heavy (non-hydrogen) atoms. The van der Waals surface area contributed by atoms with Gasteiger partial charge in [0.2, 0.25) is 0 Å². The highest BCUT2D eigenvalue weighted by Crippen LogP contribution is 2.62. The molecule has 0 N–H and O–H groups in total. The van der Waals surface area contributed by atoms with Crippen LogP contribution in [0.2, 0.25) is 0 Å². The average molecular weight is 202 g/mol. The quantitative estimate of drug-likeness (QED) is 0.553. The zero-order valence-electron chi connectivity index (χ0n) is 7.86. The monoisotopic (exact) mass is 202 g/mol. The molecular weight excluding hydrogens is 188 g/mol. The Kier molecular flexibility index (Phi) is 1.24. The molecule has 2 saturated carbocycles. The van der Waals surface area contributed by atoms with Crippen LogP contribution >= 0.6 is 0 Å². The Labute approximate surface area is 78.6 Å². The van der Waals surface area contributed by atoms with E-state index in [2.05, 4.69) is 6.92 Å². The molecule has 3 aliphatic rings. The van der Waals surface area contributed by atoms with Crippen LogP contribution in [-0.4, -0.2) is 19.3 Å².